The zero-order chi connectivity index (χ0) is 16.8. The molecule has 128 valence electrons. The molecule has 2 saturated heterocycles. The Labute approximate surface area is 147 Å². The van der Waals surface area contributed by atoms with Crippen molar-refractivity contribution in [3.05, 3.63) is 59.7 Å². The molecule has 3 aliphatic rings. The van der Waals surface area contributed by atoms with Gasteiger partial charge in [-0.05, 0) is 35.1 Å². The predicted molar refractivity (Wildman–Crippen MR) is 96.6 cm³/mol. The van der Waals surface area contributed by atoms with E-state index in [9.17, 15) is 4.79 Å². The average molecular weight is 334 g/mol. The molecule has 0 saturated carbocycles. The van der Waals surface area contributed by atoms with Gasteiger partial charge in [-0.3, -0.25) is 0 Å². The number of ether oxygens (including phenoxy) is 1. The van der Waals surface area contributed by atoms with Gasteiger partial charge in [-0.2, -0.15) is 0 Å². The van der Waals surface area contributed by atoms with Crippen molar-refractivity contribution in [1.29, 1.82) is 0 Å². The van der Waals surface area contributed by atoms with Crippen molar-refractivity contribution in [2.24, 2.45) is 0 Å². The van der Waals surface area contributed by atoms with Crippen molar-refractivity contribution in [1.82, 2.24) is 10.2 Å². The van der Waals surface area contributed by atoms with Crippen molar-refractivity contribution in [3.8, 4) is 11.1 Å². The minimum atomic E-state index is -0.166. The number of fused-ring (bicyclic) bond motifs is 5. The second-order valence-corrected chi connectivity index (χ2v) is 7.35. The van der Waals surface area contributed by atoms with Gasteiger partial charge >= 0.3 is 6.09 Å². The van der Waals surface area contributed by atoms with Crippen LogP contribution < -0.4 is 5.32 Å². The molecule has 2 heterocycles. The zero-order valence-electron chi connectivity index (χ0n) is 14.2. The average Bonchev–Trinajstić information content (AvgIpc) is 3.16. The maximum atomic E-state index is 12.6. The Balaban J connectivity index is 1.33. The van der Waals surface area contributed by atoms with Gasteiger partial charge in [0.2, 0.25) is 0 Å². The molecule has 0 spiro atoms. The lowest BCUT2D eigenvalue weighted by Crippen LogP contribution is -2.53. The minimum Gasteiger partial charge on any atom is -0.448 e. The smallest absolute Gasteiger partial charge is 0.409 e. The van der Waals surface area contributed by atoms with Gasteiger partial charge in [-0.15, -0.1) is 0 Å². The van der Waals surface area contributed by atoms with Crippen molar-refractivity contribution in [3.63, 3.8) is 0 Å². The van der Waals surface area contributed by atoms with Crippen LogP contribution >= 0.6 is 0 Å². The Kier molecular flexibility index (Phi) is 3.52. The number of amides is 1. The van der Waals surface area contributed by atoms with Gasteiger partial charge in [0.25, 0.3) is 0 Å². The number of hydrogen-bond donors (Lipinski definition) is 1. The number of carbonyl (C=O) groups is 1. The van der Waals surface area contributed by atoms with Gasteiger partial charge in [0, 0.05) is 31.1 Å². The van der Waals surface area contributed by atoms with Crippen LogP contribution in [0.5, 0.6) is 0 Å². The molecule has 1 N–H and O–H groups in total. The van der Waals surface area contributed by atoms with E-state index in [0.29, 0.717) is 18.7 Å². The molecule has 4 nitrogen and oxygen atoms in total. The molecule has 1 aliphatic carbocycles. The van der Waals surface area contributed by atoms with Gasteiger partial charge in [-0.25, -0.2) is 4.79 Å². The van der Waals surface area contributed by atoms with Crippen molar-refractivity contribution in [2.75, 3.05) is 19.7 Å². The maximum absolute atomic E-state index is 12.6. The number of benzene rings is 2. The van der Waals surface area contributed by atoms with E-state index in [1.165, 1.54) is 22.3 Å². The summed E-state index contributed by atoms with van der Waals surface area (Å²) in [6.07, 6.45) is 2.16. The molecule has 0 radical (unpaired) electrons. The first-order chi connectivity index (χ1) is 12.3. The van der Waals surface area contributed by atoms with Crippen LogP contribution in [-0.2, 0) is 4.74 Å². The summed E-state index contributed by atoms with van der Waals surface area (Å²) in [4.78, 5) is 14.5. The SMILES string of the molecule is O=C(OCC1c2ccccc2-c2ccccc21)N1CC2CCC(C1)N2. The highest BCUT2D eigenvalue weighted by Crippen LogP contribution is 2.44. The fourth-order valence-electron chi connectivity index (χ4n) is 4.63. The first kappa shape index (κ1) is 15.0. The van der Waals surface area contributed by atoms with E-state index in [2.05, 4.69) is 53.8 Å². The Hall–Kier alpha value is -2.33. The molecule has 25 heavy (non-hydrogen) atoms. The number of piperazine rings is 1. The summed E-state index contributed by atoms with van der Waals surface area (Å²) in [5.74, 6) is 0.135. The van der Waals surface area contributed by atoms with Crippen molar-refractivity contribution < 1.29 is 9.53 Å². The van der Waals surface area contributed by atoms with Crippen LogP contribution in [0.1, 0.15) is 29.9 Å². The Morgan fingerprint density at radius 1 is 0.960 bits per heavy atom. The maximum Gasteiger partial charge on any atom is 0.409 e. The van der Waals surface area contributed by atoms with Gasteiger partial charge < -0.3 is 15.0 Å². The van der Waals surface area contributed by atoms with Crippen molar-refractivity contribution >= 4 is 6.09 Å². The summed E-state index contributed by atoms with van der Waals surface area (Å²) >= 11 is 0. The highest BCUT2D eigenvalue weighted by atomic mass is 16.6. The van der Waals surface area contributed by atoms with E-state index in [1.807, 2.05) is 4.90 Å². The topological polar surface area (TPSA) is 41.6 Å². The van der Waals surface area contributed by atoms with E-state index >= 15 is 0 Å². The lowest BCUT2D eigenvalue weighted by Gasteiger charge is -2.32. The highest BCUT2D eigenvalue weighted by Gasteiger charge is 2.36. The first-order valence-corrected chi connectivity index (χ1v) is 9.15. The number of rotatable bonds is 2. The molecule has 2 aromatic rings. The molecule has 1 amide bonds. The first-order valence-electron chi connectivity index (χ1n) is 9.15. The molecule has 2 fully saturated rings. The third-order valence-electron chi connectivity index (χ3n) is 5.81. The third-order valence-corrected chi connectivity index (χ3v) is 5.81. The van der Waals surface area contributed by atoms with Gasteiger partial charge in [0.15, 0.2) is 0 Å². The van der Waals surface area contributed by atoms with E-state index in [-0.39, 0.29) is 12.0 Å². The third kappa shape index (κ3) is 2.52. The summed E-state index contributed by atoms with van der Waals surface area (Å²) in [5.41, 5.74) is 5.05. The van der Waals surface area contributed by atoms with Crippen LogP contribution in [0.2, 0.25) is 0 Å². The fraction of sp³-hybridized carbons (Fsp3) is 0.381. The Morgan fingerprint density at radius 2 is 1.52 bits per heavy atom. The summed E-state index contributed by atoms with van der Waals surface area (Å²) < 4.78 is 5.76. The Morgan fingerprint density at radius 3 is 2.12 bits per heavy atom. The molecule has 2 atom stereocenters. The van der Waals surface area contributed by atoms with Crippen molar-refractivity contribution in [2.45, 2.75) is 30.8 Å². The van der Waals surface area contributed by atoms with Gasteiger partial charge in [-0.1, -0.05) is 48.5 Å². The molecule has 4 heteroatoms. The fourth-order valence-corrected chi connectivity index (χ4v) is 4.63. The molecule has 2 bridgehead atoms. The van der Waals surface area contributed by atoms with Crippen LogP contribution in [0.25, 0.3) is 11.1 Å². The Bertz CT molecular complexity index is 762. The predicted octanol–water partition coefficient (Wildman–Crippen LogP) is 3.37. The summed E-state index contributed by atoms with van der Waals surface area (Å²) in [7, 11) is 0. The molecular weight excluding hydrogens is 312 g/mol. The highest BCUT2D eigenvalue weighted by molar-refractivity contribution is 5.79. The second kappa shape index (κ2) is 5.88. The normalized spacial score (nSPS) is 24.1. The van der Waals surface area contributed by atoms with Crippen LogP contribution in [0, 0.1) is 0 Å². The standard InChI is InChI=1S/C21H22N2O2/c24-21(23-11-14-9-10-15(12-23)22-14)25-13-20-18-7-3-1-5-16(18)17-6-2-4-8-19(17)20/h1-8,14-15,20,22H,9-13H2. The lowest BCUT2D eigenvalue weighted by molar-refractivity contribution is 0.0872. The molecule has 2 unspecified atom stereocenters. The number of hydrogen-bond acceptors (Lipinski definition) is 3. The molecule has 0 aromatic heterocycles. The van der Waals surface area contributed by atoms with E-state index < -0.39 is 0 Å². The van der Waals surface area contributed by atoms with Crippen LogP contribution in [-0.4, -0.2) is 42.8 Å². The van der Waals surface area contributed by atoms with E-state index in [1.54, 1.807) is 0 Å². The molecular formula is C21H22N2O2. The molecule has 2 aliphatic heterocycles. The van der Waals surface area contributed by atoms with Gasteiger partial charge in [0.1, 0.15) is 6.61 Å². The van der Waals surface area contributed by atoms with Crippen LogP contribution in [0.4, 0.5) is 4.79 Å². The summed E-state index contributed by atoms with van der Waals surface area (Å²) in [6, 6.07) is 17.8. The van der Waals surface area contributed by atoms with E-state index in [0.717, 1.165) is 25.9 Å². The molecule has 2 aromatic carbocycles. The van der Waals surface area contributed by atoms with Crippen LogP contribution in [0.15, 0.2) is 48.5 Å². The number of nitrogens with one attached hydrogen (secondary N) is 1. The lowest BCUT2D eigenvalue weighted by atomic mass is 9.98. The largest absolute Gasteiger partial charge is 0.448 e. The zero-order valence-corrected chi connectivity index (χ0v) is 14.2. The monoisotopic (exact) mass is 334 g/mol. The summed E-state index contributed by atoms with van der Waals surface area (Å²) in [6.45, 7) is 1.95. The second-order valence-electron chi connectivity index (χ2n) is 7.35. The number of nitrogens with zero attached hydrogens (tertiary/aromatic N) is 1. The minimum absolute atomic E-state index is 0.135. The van der Waals surface area contributed by atoms with Crippen LogP contribution in [0.3, 0.4) is 0 Å². The van der Waals surface area contributed by atoms with Gasteiger partial charge in [0.05, 0.1) is 0 Å². The molecule has 5 rings (SSSR count). The van der Waals surface area contributed by atoms with E-state index in [4.69, 9.17) is 4.74 Å². The number of likely N-dealkylation sites (tertiary alicyclic amines) is 1. The quantitative estimate of drug-likeness (QED) is 0.915. The summed E-state index contributed by atoms with van der Waals surface area (Å²) in [5, 5.41) is 3.55. The number of carbonyl (C=O) groups excluding carboxylic acids is 1.